The fourth-order valence-corrected chi connectivity index (χ4v) is 45.8. The zero-order valence-electron chi connectivity index (χ0n) is 71.6. The first-order chi connectivity index (χ1) is 63.2. The Balaban J connectivity index is 0.0000000719. The van der Waals surface area contributed by atoms with Gasteiger partial charge in [0.05, 0.1) is 0 Å². The Bertz CT molecular complexity index is 7830. The largest absolute Gasteiger partial charge is 0.316 e. The van der Waals surface area contributed by atoms with Crippen LogP contribution in [0.5, 0.6) is 0 Å². The minimum atomic E-state index is 0. The third kappa shape index (κ3) is 6.79. The summed E-state index contributed by atoms with van der Waals surface area (Å²) in [5.74, 6) is 22.9. The van der Waals surface area contributed by atoms with Gasteiger partial charge in [0.25, 0.3) is 0 Å². The summed E-state index contributed by atoms with van der Waals surface area (Å²) in [6.07, 6.45) is 21.7. The molecule has 0 aliphatic heterocycles. The van der Waals surface area contributed by atoms with Gasteiger partial charge in [0.1, 0.15) is 0 Å². The molecular formula is C126H92BMgN. The number of nitrogens with zero attached hydrogens (tertiary/aromatic N) is 1. The summed E-state index contributed by atoms with van der Waals surface area (Å²) in [4.78, 5) is 0. The summed E-state index contributed by atoms with van der Waals surface area (Å²) < 4.78 is 0. The molecule has 0 amide bonds. The van der Waals surface area contributed by atoms with E-state index in [1.807, 2.05) is 19.3 Å². The molecule has 1 nitrogen and oxygen atoms in total. The maximum Gasteiger partial charge on any atom is 0.316 e. The normalized spacial score (nSPS) is 37.8. The van der Waals surface area contributed by atoms with Crippen molar-refractivity contribution in [2.24, 2.45) is 150 Å². The van der Waals surface area contributed by atoms with E-state index < -0.39 is 0 Å². The summed E-state index contributed by atoms with van der Waals surface area (Å²) in [5.41, 5.74) is 7.37. The molecule has 0 heterocycles. The first kappa shape index (κ1) is 69.1. The van der Waals surface area contributed by atoms with Crippen molar-refractivity contribution < 1.29 is 0 Å². The molecular weight excluding hydrogens is 1560 g/mol. The summed E-state index contributed by atoms with van der Waals surface area (Å²) >= 11 is 0. The minimum Gasteiger partial charge on any atom is -0.0610 e. The van der Waals surface area contributed by atoms with Crippen molar-refractivity contribution in [3.8, 4) is 0 Å². The zero-order valence-corrected chi connectivity index (χ0v) is 71.6. The van der Waals surface area contributed by atoms with Gasteiger partial charge in [0.2, 0.25) is 0 Å². The van der Waals surface area contributed by atoms with Crippen LogP contribution in [0.25, 0.3) is 215 Å². The summed E-state index contributed by atoms with van der Waals surface area (Å²) in [6, 6.07) is 108. The Morgan fingerprint density at radius 2 is 0.326 bits per heavy atom. The molecule has 3 heteroatoms. The summed E-state index contributed by atoms with van der Waals surface area (Å²) in [6.45, 7) is 0. The van der Waals surface area contributed by atoms with Crippen molar-refractivity contribution in [3.05, 3.63) is 291 Å². The van der Waals surface area contributed by atoms with Crippen LogP contribution in [0, 0.1) is 155 Å². The monoisotopic (exact) mass is 1650 g/mol. The van der Waals surface area contributed by atoms with Crippen LogP contribution in [0.3, 0.4) is 0 Å². The Morgan fingerprint density at radius 1 is 0.178 bits per heavy atom. The van der Waals surface area contributed by atoms with Gasteiger partial charge in [-0.2, -0.15) is 0 Å². The second kappa shape index (κ2) is 21.5. The number of benzene rings is 24. The number of rotatable bonds is 0. The number of hydrogen-bond donors (Lipinski definition) is 0. The first-order valence-corrected chi connectivity index (χ1v) is 49.7. The van der Waals surface area contributed by atoms with Gasteiger partial charge >= 0.3 is 35.7 Å². The second-order valence-corrected chi connectivity index (χ2v) is 47.3. The van der Waals surface area contributed by atoms with Crippen LogP contribution in [-0.4, -0.2) is 30.5 Å². The van der Waals surface area contributed by atoms with Crippen LogP contribution >= 0.6 is 0 Å². The zero-order chi connectivity index (χ0) is 81.9. The first-order valence-electron chi connectivity index (χ1n) is 49.7. The Hall–Kier alpha value is -10.9. The smallest absolute Gasteiger partial charge is 0.0610 e. The Kier molecular flexibility index (Phi) is 11.5. The van der Waals surface area contributed by atoms with Gasteiger partial charge in [-0.05, 0) is 491 Å². The van der Waals surface area contributed by atoms with E-state index >= 15 is 0 Å². The quantitative estimate of drug-likeness (QED) is 0.0843. The maximum absolute atomic E-state index is 6.50. The van der Waals surface area contributed by atoms with Gasteiger partial charge in [-0.15, -0.1) is 0 Å². The fraction of sp³-hybridized carbons (Fsp3) is 0.302. The molecule has 8 spiro atoms. The van der Waals surface area contributed by atoms with Gasteiger partial charge in [0.15, 0.2) is 0 Å². The molecule has 129 heavy (non-hydrogen) atoms. The predicted molar refractivity (Wildman–Crippen MR) is 539 cm³/mol. The van der Waals surface area contributed by atoms with E-state index in [1.165, 1.54) is 322 Å². The van der Waals surface area contributed by atoms with Crippen molar-refractivity contribution in [1.29, 1.82) is 5.16 Å². The predicted octanol–water partition coefficient (Wildman–Crippen LogP) is 30.9. The second-order valence-electron chi connectivity index (χ2n) is 47.3. The van der Waals surface area contributed by atoms with E-state index in [-0.39, 0.29) is 23.1 Å². The molecule has 27 aliphatic rings. The van der Waals surface area contributed by atoms with Crippen LogP contribution in [-0.2, 0) is 0 Å². The van der Waals surface area contributed by atoms with E-state index in [1.54, 1.807) is 57.8 Å². The maximum atomic E-state index is 6.50. The van der Waals surface area contributed by atoms with E-state index in [2.05, 4.69) is 299 Å². The van der Waals surface area contributed by atoms with Crippen molar-refractivity contribution in [2.75, 3.05) is 0 Å². The van der Waals surface area contributed by atoms with Crippen molar-refractivity contribution in [1.82, 2.24) is 0 Å². The van der Waals surface area contributed by atoms with Crippen LogP contribution in [0.1, 0.15) is 77.0 Å². The van der Waals surface area contributed by atoms with Gasteiger partial charge in [-0.1, -0.05) is 243 Å². The third-order valence-electron chi connectivity index (χ3n) is 44.5. The topological polar surface area (TPSA) is 23.8 Å². The van der Waals surface area contributed by atoms with E-state index in [4.69, 9.17) is 5.16 Å². The molecule has 0 N–H and O–H groups in total. The molecule has 27 fully saturated rings. The van der Waals surface area contributed by atoms with Crippen molar-refractivity contribution in [3.63, 3.8) is 0 Å². The average molecular weight is 1660 g/mol. The van der Waals surface area contributed by atoms with Crippen LogP contribution in [0.15, 0.2) is 291 Å². The molecule has 606 valence electrons. The van der Waals surface area contributed by atoms with Crippen LogP contribution in [0.4, 0.5) is 0 Å². The average Bonchev–Trinajstić information content (AvgIpc) is 0.542. The van der Waals surface area contributed by atoms with Crippen LogP contribution in [0.2, 0.25) is 0 Å². The van der Waals surface area contributed by atoms with Gasteiger partial charge in [-0.3, -0.25) is 0 Å². The molecule has 0 radical (unpaired) electrons. The number of hydrogen-bond acceptors (Lipinski definition) is 1. The van der Waals surface area contributed by atoms with Crippen molar-refractivity contribution in [2.45, 2.75) is 77.0 Å². The van der Waals surface area contributed by atoms with Gasteiger partial charge in [0, 0.05) is 0 Å². The van der Waals surface area contributed by atoms with Gasteiger partial charge in [-0.25, -0.2) is 0 Å². The third-order valence-corrected chi connectivity index (χ3v) is 44.5. The standard InChI is InChI=1S/C38H42.4C22H12.BN.Mg.2H/c1-13-4-31-10-33-6-14-2-17-21(33)25-19(31)16(1)20-26-22-18-3-15-7-34(22)11-32(20,5-13)28(31)38-29(33)35(8-14)12-36(9-15,30(34)38)24(18)27(23(17)35)37(25,26)38;4*1-3-13-7-9-18-12-16-6-2-4-14-8-10-17-11-15(5-1)19(13)21(18)22(17)20(14)16;1-2;;;/h13-30H,1-12H2;4*1-12H;;;;/t13-,14+,15-,16+,17-,18?,19-,20+,21+,22-,23-,24+,25+,26-,27+,28+,29-,30+,31+,32-,33-,34-,35+,36-,37-,38-;;;;;;;;/m0......../s1. The molecule has 26 atom stereocenters. The molecule has 24 aromatic carbocycles. The fourth-order valence-electron chi connectivity index (χ4n) is 45.8. The van der Waals surface area contributed by atoms with E-state index in [9.17, 15) is 0 Å². The molecule has 51 rings (SSSR count). The van der Waals surface area contributed by atoms with Crippen molar-refractivity contribution >= 4 is 246 Å². The molecule has 0 saturated heterocycles. The summed E-state index contributed by atoms with van der Waals surface area (Å²) in [5, 5.41) is 61.4. The minimum absolute atomic E-state index is 0. The SMILES string of the molecule is B#N.C1C2[C@@H]3[C@H]4[C@@H]5[C@H]6C[C@@H]7C[C@@]89C[C@@]%10%11C[C@@H]%12C[C@H]%13[C@@H]%14[C@H]%15[C@H]2[C@]2%16C[C@H]1C[C@]31C[C@@]5(C7)[C@H]8[C@@]([C@H]%10[C@@]%14(C%12)C2)([C@@H]1%16)[C@]4%15[C@@H]([C@@H]69)[C@H]%13%11.[MgH2].c1cc2ccc3cc4cccc5ccc6cc(c1)c2c3c6c54.c1cc2ccc3cc4cccc5ccc6cc(c1)c2c3c6c54.c1cc2ccc3cc4cccc5ccc6cc(c1)c2c3c6c54.c1cc2ccc3cc4cccc5ccc6cc(c1)c2c3c6c54. The van der Waals surface area contributed by atoms with E-state index in [0.29, 0.717) is 0 Å². The molecule has 27 saturated carbocycles. The van der Waals surface area contributed by atoms with Crippen LogP contribution < -0.4 is 0 Å². The Morgan fingerprint density at radius 3 is 0.496 bits per heavy atom. The molecule has 26 bridgehead atoms. The Labute approximate surface area is 763 Å². The van der Waals surface area contributed by atoms with E-state index in [0.717, 1.165) is 43.3 Å². The molecule has 1 unspecified atom stereocenters. The molecule has 24 aromatic rings. The molecule has 0 aromatic heterocycles. The van der Waals surface area contributed by atoms with Gasteiger partial charge < -0.3 is 0 Å². The summed E-state index contributed by atoms with van der Waals surface area (Å²) in [7, 11) is 3.50. The molecule has 27 aliphatic carbocycles.